The molecule has 0 unspecified atom stereocenters. The van der Waals surface area contributed by atoms with Crippen molar-refractivity contribution in [1.82, 2.24) is 0 Å². The number of nitrogens with zero attached hydrogens (tertiary/aromatic N) is 3. The molecule has 3 aromatic carbocycles. The summed E-state index contributed by atoms with van der Waals surface area (Å²) in [6.07, 6.45) is 0. The fourth-order valence-corrected chi connectivity index (χ4v) is 6.47. The molecule has 0 saturated heterocycles. The van der Waals surface area contributed by atoms with Crippen LogP contribution in [-0.4, -0.2) is 0 Å². The minimum absolute atomic E-state index is 0.489. The van der Waals surface area contributed by atoms with Crippen molar-refractivity contribution in [2.24, 2.45) is 4.88 Å². The fraction of sp³-hybridized carbons (Fsp3) is 0. The van der Waals surface area contributed by atoms with Crippen LogP contribution in [0.1, 0.15) is 0 Å². The maximum Gasteiger partial charge on any atom is 0.242 e. The molecule has 0 spiro atoms. The summed E-state index contributed by atoms with van der Waals surface area (Å²) in [5, 5.41) is -7.44. The van der Waals surface area contributed by atoms with Crippen LogP contribution < -0.4 is 15.9 Å². The smallest absolute Gasteiger partial charge is 0.203 e. The third-order valence-electron chi connectivity index (χ3n) is 4.41. The quantitative estimate of drug-likeness (QED) is 0.103. The van der Waals surface area contributed by atoms with Crippen molar-refractivity contribution in [1.29, 1.82) is 0 Å². The molecular formula is C18H3F12N3P+. The molecule has 0 aliphatic rings. The second kappa shape index (κ2) is 8.73. The second-order valence-electron chi connectivity index (χ2n) is 6.26. The van der Waals surface area contributed by atoms with Crippen LogP contribution in [-0.2, 0) is 0 Å². The first-order chi connectivity index (χ1) is 15.8. The molecule has 0 radical (unpaired) electrons. The average molecular weight is 520 g/mol. The summed E-state index contributed by atoms with van der Waals surface area (Å²) in [4.78, 5) is 4.43. The lowest BCUT2D eigenvalue weighted by Gasteiger charge is -2.23. The molecular weight excluding hydrogens is 517 g/mol. The lowest BCUT2D eigenvalue weighted by atomic mass is 10.3. The van der Waals surface area contributed by atoms with Crippen molar-refractivity contribution in [3.63, 3.8) is 0 Å². The molecule has 0 N–H and O–H groups in total. The van der Waals surface area contributed by atoms with Gasteiger partial charge in [0.15, 0.2) is 50.8 Å². The molecule has 0 fully saturated rings. The molecule has 3 nitrogen and oxygen atoms in total. The molecule has 3 rings (SSSR count). The number of halogens is 12. The van der Waals surface area contributed by atoms with E-state index < -0.39 is 111 Å². The number of rotatable bonds is 4. The van der Waals surface area contributed by atoms with Crippen LogP contribution in [0.25, 0.3) is 10.4 Å². The largest absolute Gasteiger partial charge is 0.242 e. The van der Waals surface area contributed by atoms with E-state index in [1.54, 1.807) is 0 Å². The molecule has 3 aromatic rings. The van der Waals surface area contributed by atoms with Gasteiger partial charge in [-0.3, -0.25) is 0 Å². The lowest BCUT2D eigenvalue weighted by molar-refractivity contribution is 0.458. The van der Waals surface area contributed by atoms with Crippen LogP contribution in [0.5, 0.6) is 0 Å². The number of hydrogen-bond acceptors (Lipinski definition) is 1. The van der Waals surface area contributed by atoms with E-state index in [0.29, 0.717) is 0 Å². The van der Waals surface area contributed by atoms with Crippen LogP contribution in [0, 0.1) is 69.8 Å². The Balaban J connectivity index is 2.85. The molecule has 0 aromatic heterocycles. The van der Waals surface area contributed by atoms with Gasteiger partial charge in [0.2, 0.25) is 42.3 Å². The predicted molar refractivity (Wildman–Crippen MR) is 93.8 cm³/mol. The highest BCUT2D eigenvalue weighted by atomic mass is 31.2. The van der Waals surface area contributed by atoms with E-state index in [1.807, 2.05) is 4.91 Å². The Kier molecular flexibility index (Phi) is 6.47. The van der Waals surface area contributed by atoms with Gasteiger partial charge >= 0.3 is 0 Å². The Bertz CT molecular complexity index is 1170. The summed E-state index contributed by atoms with van der Waals surface area (Å²) >= 11 is 0. The van der Waals surface area contributed by atoms with Crippen LogP contribution in [0.15, 0.2) is 23.1 Å². The number of hydrogen-bond donors (Lipinski definition) is 0. The molecule has 0 aliphatic carbocycles. The van der Waals surface area contributed by atoms with E-state index in [2.05, 4.69) is 4.88 Å². The summed E-state index contributed by atoms with van der Waals surface area (Å²) in [5.74, 6) is -30.6. The Morgan fingerprint density at radius 3 is 0.853 bits per heavy atom. The molecule has 16 heteroatoms. The summed E-state index contributed by atoms with van der Waals surface area (Å²) in [7, 11) is -6.42. The molecule has 0 aliphatic heterocycles. The molecule has 34 heavy (non-hydrogen) atoms. The molecule has 0 saturated carbocycles. The SMILES string of the molecule is [N-]=[N+]=N[P+](c1c(F)c(F)cc(F)c1F)(c1c(F)c(F)cc(F)c1F)c1c(F)c(F)cc(F)c1F. The van der Waals surface area contributed by atoms with E-state index in [4.69, 9.17) is 5.53 Å². The molecule has 0 bridgehead atoms. The second-order valence-corrected chi connectivity index (χ2v) is 9.06. The number of azide groups is 1. The van der Waals surface area contributed by atoms with Gasteiger partial charge in [-0.25, -0.2) is 26.3 Å². The van der Waals surface area contributed by atoms with Crippen molar-refractivity contribution >= 4 is 23.3 Å². The summed E-state index contributed by atoms with van der Waals surface area (Å²) in [6.45, 7) is 0. The molecule has 0 atom stereocenters. The molecule has 178 valence electrons. The minimum Gasteiger partial charge on any atom is -0.203 e. The number of benzene rings is 3. The highest BCUT2D eigenvalue weighted by Gasteiger charge is 2.61. The van der Waals surface area contributed by atoms with Crippen molar-refractivity contribution < 1.29 is 52.7 Å². The van der Waals surface area contributed by atoms with E-state index in [-0.39, 0.29) is 0 Å². The first kappa shape index (κ1) is 25.2. The van der Waals surface area contributed by atoms with E-state index in [1.165, 1.54) is 0 Å². The van der Waals surface area contributed by atoms with Crippen molar-refractivity contribution in [2.75, 3.05) is 0 Å². The van der Waals surface area contributed by atoms with E-state index >= 15 is 0 Å². The Labute approximate surface area is 180 Å². The van der Waals surface area contributed by atoms with Gasteiger partial charge in [0, 0.05) is 23.1 Å². The Morgan fingerprint density at radius 1 is 0.471 bits per heavy atom. The zero-order valence-corrected chi connectivity index (χ0v) is 16.5. The van der Waals surface area contributed by atoms with Gasteiger partial charge in [-0.05, 0) is 5.53 Å². The van der Waals surface area contributed by atoms with Gasteiger partial charge < -0.3 is 0 Å². The Hall–Kier alpha value is -3.44. The molecule has 0 heterocycles. The van der Waals surface area contributed by atoms with Crippen LogP contribution >= 0.6 is 7.41 Å². The van der Waals surface area contributed by atoms with Gasteiger partial charge in [0.25, 0.3) is 0 Å². The van der Waals surface area contributed by atoms with E-state index in [9.17, 15) is 52.7 Å². The van der Waals surface area contributed by atoms with Gasteiger partial charge in [-0.2, -0.15) is 26.3 Å². The van der Waals surface area contributed by atoms with Gasteiger partial charge in [0.1, 0.15) is 0 Å². The Morgan fingerprint density at radius 2 is 0.676 bits per heavy atom. The standard InChI is InChI=1S/C18H3F12N3P/c19-4-1-5(20)11(26)16(10(4)25)34(33-32-31,17-12(27)6(21)2-7(22)13(17)28)18-14(29)8(23)3-9(24)15(18)30/h1-3H/q+1. The first-order valence-corrected chi connectivity index (χ1v) is 10.0. The normalized spacial score (nSPS) is 11.5. The average Bonchev–Trinajstić information content (AvgIpc) is 2.75. The lowest BCUT2D eigenvalue weighted by Crippen LogP contribution is -2.41. The third kappa shape index (κ3) is 3.51. The highest BCUT2D eigenvalue weighted by Crippen LogP contribution is 2.61. The van der Waals surface area contributed by atoms with E-state index in [0.717, 1.165) is 0 Å². The van der Waals surface area contributed by atoms with Crippen molar-refractivity contribution in [2.45, 2.75) is 0 Å². The zero-order chi connectivity index (χ0) is 25.7. The van der Waals surface area contributed by atoms with Crippen molar-refractivity contribution in [3.05, 3.63) is 98.4 Å². The third-order valence-corrected chi connectivity index (χ3v) is 7.88. The van der Waals surface area contributed by atoms with Gasteiger partial charge in [0.05, 0.1) is 4.88 Å². The topological polar surface area (TPSA) is 48.8 Å². The summed E-state index contributed by atoms with van der Waals surface area (Å²) < 4.78 is 172. The van der Waals surface area contributed by atoms with Crippen LogP contribution in [0.3, 0.4) is 0 Å². The van der Waals surface area contributed by atoms with Gasteiger partial charge in [-0.15, -0.1) is 0 Å². The van der Waals surface area contributed by atoms with Gasteiger partial charge in [-0.1, -0.05) is 0 Å². The molecule has 0 amide bonds. The summed E-state index contributed by atoms with van der Waals surface area (Å²) in [5.41, 5.74) is 8.94. The van der Waals surface area contributed by atoms with Crippen LogP contribution in [0.2, 0.25) is 0 Å². The minimum atomic E-state index is -6.42. The zero-order valence-electron chi connectivity index (χ0n) is 15.6. The first-order valence-electron chi connectivity index (χ1n) is 8.27. The highest BCUT2D eigenvalue weighted by molar-refractivity contribution is 7.94. The maximum absolute atomic E-state index is 14.8. The van der Waals surface area contributed by atoms with Crippen molar-refractivity contribution in [3.8, 4) is 0 Å². The predicted octanol–water partition coefficient (Wildman–Crippen LogP) is 5.88. The summed E-state index contributed by atoms with van der Waals surface area (Å²) in [6, 6.07) is -1.47. The maximum atomic E-state index is 14.8. The monoisotopic (exact) mass is 520 g/mol. The fourth-order valence-electron chi connectivity index (χ4n) is 3.06. The van der Waals surface area contributed by atoms with Crippen LogP contribution in [0.4, 0.5) is 52.7 Å².